The van der Waals surface area contributed by atoms with Crippen LogP contribution in [0.1, 0.15) is 26.5 Å². The Kier molecular flexibility index (Phi) is 5.47. The summed E-state index contributed by atoms with van der Waals surface area (Å²) in [6.45, 7) is 3.99. The molecule has 1 amide bonds. The van der Waals surface area contributed by atoms with Gasteiger partial charge in [-0.25, -0.2) is 8.42 Å². The molecule has 4 rings (SSSR count). The van der Waals surface area contributed by atoms with Gasteiger partial charge in [-0.3, -0.25) is 4.79 Å². The molecular formula is C22H20N4O3S2. The second-order valence-electron chi connectivity index (χ2n) is 7.08. The van der Waals surface area contributed by atoms with Gasteiger partial charge in [0.15, 0.2) is 0 Å². The first-order chi connectivity index (χ1) is 14.8. The summed E-state index contributed by atoms with van der Waals surface area (Å²) in [5.74, 6) is -0.307. The topological polar surface area (TPSA) is 115 Å². The number of fused-ring (bicyclic) bond motifs is 1. The Morgan fingerprint density at radius 3 is 2.32 bits per heavy atom. The number of hydrogen-bond acceptors (Lipinski definition) is 7. The Morgan fingerprint density at radius 2 is 1.65 bits per heavy atom. The van der Waals surface area contributed by atoms with Gasteiger partial charge >= 0.3 is 0 Å². The summed E-state index contributed by atoms with van der Waals surface area (Å²) in [5.41, 5.74) is 9.07. The van der Waals surface area contributed by atoms with Crippen molar-refractivity contribution in [1.82, 2.24) is 15.5 Å². The van der Waals surface area contributed by atoms with Crippen molar-refractivity contribution in [1.29, 1.82) is 0 Å². The van der Waals surface area contributed by atoms with Gasteiger partial charge in [0.05, 0.1) is 21.2 Å². The SMILES string of the molecule is Cc1nnc2sc(C(=O)NCc3ccc(S(=O)(=O)c4ccccc4)cc3)c(N)c2c1C. The van der Waals surface area contributed by atoms with Crippen LogP contribution in [0.3, 0.4) is 0 Å². The molecule has 0 aliphatic heterocycles. The first kappa shape index (κ1) is 21.0. The molecule has 0 atom stereocenters. The van der Waals surface area contributed by atoms with Gasteiger partial charge in [-0.1, -0.05) is 30.3 Å². The second kappa shape index (κ2) is 8.09. The standard InChI is InChI=1S/C22H20N4O3S2/c1-13-14(2)25-26-22-18(13)19(23)20(30-22)21(27)24-12-15-8-10-17(11-9-15)31(28,29)16-6-4-3-5-7-16/h3-11H,12,23H2,1-2H3,(H,24,27). The number of carbonyl (C=O) groups is 1. The summed E-state index contributed by atoms with van der Waals surface area (Å²) in [4.78, 5) is 14.1. The quantitative estimate of drug-likeness (QED) is 0.478. The Morgan fingerprint density at radius 1 is 1.00 bits per heavy atom. The van der Waals surface area contributed by atoms with E-state index in [4.69, 9.17) is 5.73 Å². The molecule has 0 unspecified atom stereocenters. The monoisotopic (exact) mass is 452 g/mol. The number of hydrogen-bond donors (Lipinski definition) is 2. The van der Waals surface area contributed by atoms with Crippen molar-refractivity contribution in [2.24, 2.45) is 0 Å². The van der Waals surface area contributed by atoms with Crippen LogP contribution in [0.5, 0.6) is 0 Å². The lowest BCUT2D eigenvalue weighted by Crippen LogP contribution is -2.22. The van der Waals surface area contributed by atoms with E-state index in [0.717, 1.165) is 22.2 Å². The molecule has 0 saturated carbocycles. The number of anilines is 1. The first-order valence-electron chi connectivity index (χ1n) is 9.48. The number of nitrogen functional groups attached to an aromatic ring is 1. The van der Waals surface area contributed by atoms with E-state index >= 15 is 0 Å². The van der Waals surface area contributed by atoms with Crippen molar-refractivity contribution in [3.63, 3.8) is 0 Å². The third-order valence-electron chi connectivity index (χ3n) is 5.08. The number of thiophene rings is 1. The predicted molar refractivity (Wildman–Crippen MR) is 121 cm³/mol. The second-order valence-corrected chi connectivity index (χ2v) is 10.0. The summed E-state index contributed by atoms with van der Waals surface area (Å²) in [6.07, 6.45) is 0. The van der Waals surface area contributed by atoms with E-state index in [9.17, 15) is 13.2 Å². The van der Waals surface area contributed by atoms with Crippen LogP contribution in [0.15, 0.2) is 64.4 Å². The van der Waals surface area contributed by atoms with Gasteiger partial charge in [0.25, 0.3) is 5.91 Å². The number of aryl methyl sites for hydroxylation is 2. The van der Waals surface area contributed by atoms with Gasteiger partial charge in [0, 0.05) is 11.9 Å². The fourth-order valence-corrected chi connectivity index (χ4v) is 5.49. The van der Waals surface area contributed by atoms with E-state index in [1.807, 2.05) is 13.8 Å². The number of rotatable bonds is 5. The molecule has 0 saturated heterocycles. The zero-order chi connectivity index (χ0) is 22.2. The van der Waals surface area contributed by atoms with Crippen molar-refractivity contribution in [2.45, 2.75) is 30.2 Å². The van der Waals surface area contributed by atoms with Crippen LogP contribution < -0.4 is 11.1 Å². The van der Waals surface area contributed by atoms with Crippen molar-refractivity contribution < 1.29 is 13.2 Å². The number of benzene rings is 2. The third-order valence-corrected chi connectivity index (χ3v) is 7.96. The van der Waals surface area contributed by atoms with Crippen molar-refractivity contribution in [3.8, 4) is 0 Å². The minimum atomic E-state index is -3.57. The highest BCUT2D eigenvalue weighted by Gasteiger charge is 2.20. The maximum Gasteiger partial charge on any atom is 0.263 e. The molecule has 158 valence electrons. The predicted octanol–water partition coefficient (Wildman–Crippen LogP) is 3.65. The molecule has 0 spiro atoms. The lowest BCUT2D eigenvalue weighted by atomic mass is 10.1. The molecule has 0 aliphatic carbocycles. The zero-order valence-electron chi connectivity index (χ0n) is 16.9. The summed E-state index contributed by atoms with van der Waals surface area (Å²) < 4.78 is 25.4. The Bertz CT molecular complexity index is 1380. The number of sulfone groups is 1. The number of nitrogens with zero attached hydrogens (tertiary/aromatic N) is 2. The van der Waals surface area contributed by atoms with Crippen molar-refractivity contribution in [2.75, 3.05) is 5.73 Å². The normalized spacial score (nSPS) is 11.5. The average Bonchev–Trinajstić information content (AvgIpc) is 3.12. The van der Waals surface area contributed by atoms with Crippen LogP contribution in [0.2, 0.25) is 0 Å². The molecular weight excluding hydrogens is 432 g/mol. The van der Waals surface area contributed by atoms with E-state index in [0.29, 0.717) is 15.4 Å². The molecule has 2 heterocycles. The van der Waals surface area contributed by atoms with Crippen LogP contribution in [0.4, 0.5) is 5.69 Å². The smallest absolute Gasteiger partial charge is 0.263 e. The van der Waals surface area contributed by atoms with Crippen LogP contribution in [-0.4, -0.2) is 24.5 Å². The van der Waals surface area contributed by atoms with Crippen molar-refractivity contribution >= 4 is 43.0 Å². The number of amides is 1. The third kappa shape index (κ3) is 3.89. The molecule has 2 aromatic heterocycles. The molecule has 9 heteroatoms. The van der Waals surface area contributed by atoms with Gasteiger partial charge < -0.3 is 11.1 Å². The van der Waals surface area contributed by atoms with E-state index in [1.165, 1.54) is 11.3 Å². The largest absolute Gasteiger partial charge is 0.397 e. The highest BCUT2D eigenvalue weighted by Crippen LogP contribution is 2.34. The van der Waals surface area contributed by atoms with E-state index < -0.39 is 9.84 Å². The fraction of sp³-hybridized carbons (Fsp3) is 0.136. The highest BCUT2D eigenvalue weighted by atomic mass is 32.2. The Hall–Kier alpha value is -3.30. The van der Waals surface area contributed by atoms with E-state index in [1.54, 1.807) is 54.6 Å². The molecule has 31 heavy (non-hydrogen) atoms. The first-order valence-corrected chi connectivity index (χ1v) is 11.8. The summed E-state index contributed by atoms with van der Waals surface area (Å²) >= 11 is 1.20. The average molecular weight is 453 g/mol. The fourth-order valence-electron chi connectivity index (χ4n) is 3.19. The van der Waals surface area contributed by atoms with E-state index in [2.05, 4.69) is 15.5 Å². The molecule has 7 nitrogen and oxygen atoms in total. The van der Waals surface area contributed by atoms with Gasteiger partial charge in [0.1, 0.15) is 9.71 Å². The minimum absolute atomic E-state index is 0.201. The lowest BCUT2D eigenvalue weighted by Gasteiger charge is -2.07. The summed E-state index contributed by atoms with van der Waals surface area (Å²) in [5, 5.41) is 11.8. The highest BCUT2D eigenvalue weighted by molar-refractivity contribution is 7.91. The Balaban J connectivity index is 1.50. The lowest BCUT2D eigenvalue weighted by molar-refractivity contribution is 0.0956. The number of nitrogens with one attached hydrogen (secondary N) is 1. The number of carbonyl (C=O) groups excluding carboxylic acids is 1. The number of nitrogens with two attached hydrogens (primary N) is 1. The van der Waals surface area contributed by atoms with Crippen molar-refractivity contribution in [3.05, 3.63) is 76.3 Å². The van der Waals surface area contributed by atoms with E-state index in [-0.39, 0.29) is 22.2 Å². The van der Waals surface area contributed by atoms with Crippen LogP contribution in [0.25, 0.3) is 10.2 Å². The Labute approximate surface area is 183 Å². The molecule has 2 aromatic carbocycles. The van der Waals surface area contributed by atoms with Gasteiger partial charge in [0.2, 0.25) is 9.84 Å². The summed E-state index contributed by atoms with van der Waals surface area (Å²) in [6, 6.07) is 14.7. The maximum absolute atomic E-state index is 12.7. The van der Waals surface area contributed by atoms with Gasteiger partial charge in [-0.05, 0) is 49.2 Å². The molecule has 4 aromatic rings. The van der Waals surface area contributed by atoms with Gasteiger partial charge in [-0.15, -0.1) is 16.4 Å². The minimum Gasteiger partial charge on any atom is -0.397 e. The van der Waals surface area contributed by atoms with Gasteiger partial charge in [-0.2, -0.15) is 5.10 Å². The maximum atomic E-state index is 12.7. The molecule has 0 bridgehead atoms. The van der Waals surface area contributed by atoms with Crippen LogP contribution in [0, 0.1) is 13.8 Å². The molecule has 0 fully saturated rings. The van der Waals surface area contributed by atoms with Crippen LogP contribution in [-0.2, 0) is 16.4 Å². The zero-order valence-corrected chi connectivity index (χ0v) is 18.5. The summed E-state index contributed by atoms with van der Waals surface area (Å²) in [7, 11) is -3.57. The molecule has 3 N–H and O–H groups in total. The molecule has 0 radical (unpaired) electrons. The molecule has 0 aliphatic rings. The number of aromatic nitrogens is 2. The van der Waals surface area contributed by atoms with Crippen LogP contribution >= 0.6 is 11.3 Å².